The molecule has 4 atom stereocenters. The van der Waals surface area contributed by atoms with E-state index in [-0.39, 0.29) is 22.7 Å². The molecule has 2 aromatic rings. The standard InChI is InChI=1S/C32H44NO2/c1-21-23-10-11-24-19-32(35,30(5,6)7)20-26(31(24,8)34)18-28(22-12-14-33(9)15-13-22)27(21)17-25(16-23)29(2,3)4/h10-18,24,26,34-35H,19-20H2,1-9H3/q+1/b11-10-,28-18-. The molecule has 1 fully saturated rings. The molecule has 4 rings (SSSR count). The van der Waals surface area contributed by atoms with Crippen LogP contribution in [0.15, 0.2) is 48.8 Å². The quantitative estimate of drug-likeness (QED) is 0.488. The molecule has 2 N–H and O–H groups in total. The highest BCUT2D eigenvalue weighted by atomic mass is 16.3. The van der Waals surface area contributed by atoms with Gasteiger partial charge in [0.2, 0.25) is 0 Å². The molecule has 1 saturated carbocycles. The van der Waals surface area contributed by atoms with E-state index in [9.17, 15) is 10.2 Å². The summed E-state index contributed by atoms with van der Waals surface area (Å²) < 4.78 is 2.04. The van der Waals surface area contributed by atoms with Crippen molar-refractivity contribution in [2.45, 2.75) is 84.8 Å². The Kier molecular flexibility index (Phi) is 6.22. The monoisotopic (exact) mass is 474 g/mol. The summed E-state index contributed by atoms with van der Waals surface area (Å²) in [5.41, 5.74) is 5.07. The van der Waals surface area contributed by atoms with Crippen LogP contribution in [0.2, 0.25) is 0 Å². The molecular weight excluding hydrogens is 430 g/mol. The second kappa shape index (κ2) is 8.42. The molecule has 0 amide bonds. The first kappa shape index (κ1) is 25.9. The first-order valence-corrected chi connectivity index (χ1v) is 13.0. The molecule has 35 heavy (non-hydrogen) atoms. The number of aromatic nitrogens is 1. The van der Waals surface area contributed by atoms with E-state index in [1.54, 1.807) is 0 Å². The Morgan fingerprint density at radius 1 is 0.943 bits per heavy atom. The number of benzene rings is 1. The SMILES string of the molecule is Cc1c2cc(C(C)(C)C)cc1/C(c1cc[n+](C)cc1)=C\C1CC(O)(C(C)(C)C)CC(/C=C\2)C1(C)O. The van der Waals surface area contributed by atoms with Crippen molar-refractivity contribution in [2.75, 3.05) is 0 Å². The van der Waals surface area contributed by atoms with Gasteiger partial charge in [-0.2, -0.15) is 0 Å². The van der Waals surface area contributed by atoms with Crippen molar-refractivity contribution in [3.8, 4) is 0 Å². The van der Waals surface area contributed by atoms with E-state index in [0.717, 1.165) is 11.1 Å². The van der Waals surface area contributed by atoms with Gasteiger partial charge in [0.1, 0.15) is 7.05 Å². The Bertz CT molecular complexity index is 1170. The Morgan fingerprint density at radius 2 is 1.54 bits per heavy atom. The van der Waals surface area contributed by atoms with Gasteiger partial charge in [0.25, 0.3) is 0 Å². The normalized spacial score (nSPS) is 31.5. The van der Waals surface area contributed by atoms with Gasteiger partial charge in [0.15, 0.2) is 12.4 Å². The molecule has 1 aromatic heterocycles. The third kappa shape index (κ3) is 4.66. The fraction of sp³-hybridized carbons (Fsp3) is 0.531. The number of nitrogens with zero attached hydrogens (tertiary/aromatic N) is 1. The highest BCUT2D eigenvalue weighted by Gasteiger charge is 2.54. The summed E-state index contributed by atoms with van der Waals surface area (Å²) in [4.78, 5) is 0. The van der Waals surface area contributed by atoms with Crippen molar-refractivity contribution in [1.29, 1.82) is 0 Å². The largest absolute Gasteiger partial charge is 0.389 e. The van der Waals surface area contributed by atoms with Gasteiger partial charge in [-0.05, 0) is 70.9 Å². The number of aryl methyl sites for hydroxylation is 1. The number of rotatable bonds is 1. The van der Waals surface area contributed by atoms with Gasteiger partial charge < -0.3 is 10.2 Å². The molecule has 4 bridgehead atoms. The minimum atomic E-state index is -0.962. The zero-order chi connectivity index (χ0) is 26.0. The predicted molar refractivity (Wildman–Crippen MR) is 145 cm³/mol. The van der Waals surface area contributed by atoms with Gasteiger partial charge in [-0.1, -0.05) is 71.9 Å². The summed E-state index contributed by atoms with van der Waals surface area (Å²) in [5.74, 6) is -0.353. The van der Waals surface area contributed by atoms with E-state index in [1.807, 2.05) is 18.5 Å². The van der Waals surface area contributed by atoms with Crippen LogP contribution >= 0.6 is 0 Å². The molecule has 188 valence electrons. The van der Waals surface area contributed by atoms with Crippen LogP contribution in [0.1, 0.15) is 89.1 Å². The average Bonchev–Trinajstić information content (AvgIpc) is 2.73. The molecule has 0 saturated heterocycles. The first-order chi connectivity index (χ1) is 16.0. The summed E-state index contributed by atoms with van der Waals surface area (Å²) >= 11 is 0. The lowest BCUT2D eigenvalue weighted by Gasteiger charge is -2.53. The zero-order valence-corrected chi connectivity index (χ0v) is 23.1. The molecule has 0 spiro atoms. The summed E-state index contributed by atoms with van der Waals surface area (Å²) in [6, 6.07) is 8.94. The Balaban J connectivity index is 2.05. The van der Waals surface area contributed by atoms with Crippen molar-refractivity contribution >= 4 is 11.6 Å². The number of hydrogen-bond donors (Lipinski definition) is 2. The van der Waals surface area contributed by atoms with E-state index in [0.29, 0.717) is 12.8 Å². The summed E-state index contributed by atoms with van der Waals surface area (Å²) in [5, 5.41) is 23.8. The van der Waals surface area contributed by atoms with Crippen molar-refractivity contribution < 1.29 is 14.8 Å². The fourth-order valence-electron chi connectivity index (χ4n) is 5.67. The van der Waals surface area contributed by atoms with Crippen LogP contribution in [0.3, 0.4) is 0 Å². The van der Waals surface area contributed by atoms with Crippen molar-refractivity contribution in [1.82, 2.24) is 0 Å². The van der Waals surface area contributed by atoms with Gasteiger partial charge in [0, 0.05) is 24.0 Å². The van der Waals surface area contributed by atoms with Crippen LogP contribution in [0.25, 0.3) is 11.6 Å². The molecule has 0 radical (unpaired) electrons. The van der Waals surface area contributed by atoms with Gasteiger partial charge in [-0.3, -0.25) is 0 Å². The molecule has 1 heterocycles. The fourth-order valence-corrected chi connectivity index (χ4v) is 5.67. The third-order valence-corrected chi connectivity index (χ3v) is 8.78. The molecule has 2 aliphatic rings. The van der Waals surface area contributed by atoms with E-state index in [2.05, 4.69) is 103 Å². The lowest BCUT2D eigenvalue weighted by atomic mass is 9.56. The average molecular weight is 475 g/mol. The molecule has 2 aliphatic carbocycles. The number of fused-ring (bicyclic) bond motifs is 4. The van der Waals surface area contributed by atoms with Crippen LogP contribution in [0, 0.1) is 24.2 Å². The molecule has 4 unspecified atom stereocenters. The smallest absolute Gasteiger partial charge is 0.169 e. The predicted octanol–water partition coefficient (Wildman–Crippen LogP) is 6.13. The molecule has 0 aliphatic heterocycles. The lowest BCUT2D eigenvalue weighted by molar-refractivity contribution is -0.671. The van der Waals surface area contributed by atoms with Crippen LogP contribution in [-0.2, 0) is 12.5 Å². The number of aliphatic hydroxyl groups is 2. The van der Waals surface area contributed by atoms with Crippen LogP contribution < -0.4 is 4.57 Å². The van der Waals surface area contributed by atoms with Gasteiger partial charge >= 0.3 is 0 Å². The Labute approximate surface area is 212 Å². The van der Waals surface area contributed by atoms with Crippen LogP contribution in [0.4, 0.5) is 0 Å². The topological polar surface area (TPSA) is 44.3 Å². The second-order valence-corrected chi connectivity index (χ2v) is 13.3. The second-order valence-electron chi connectivity index (χ2n) is 13.3. The summed E-state index contributed by atoms with van der Waals surface area (Å²) in [7, 11) is 2.03. The third-order valence-electron chi connectivity index (χ3n) is 8.78. The molecule has 1 aromatic carbocycles. The summed E-state index contributed by atoms with van der Waals surface area (Å²) in [6.45, 7) is 17.3. The number of pyridine rings is 1. The van der Waals surface area contributed by atoms with E-state index in [1.165, 1.54) is 22.3 Å². The zero-order valence-electron chi connectivity index (χ0n) is 23.1. The Morgan fingerprint density at radius 3 is 2.11 bits per heavy atom. The van der Waals surface area contributed by atoms with Crippen LogP contribution in [0.5, 0.6) is 0 Å². The molecule has 3 nitrogen and oxygen atoms in total. The Hall–Kier alpha value is -2.23. The maximum atomic E-state index is 11.9. The highest BCUT2D eigenvalue weighted by molar-refractivity contribution is 5.84. The van der Waals surface area contributed by atoms with E-state index < -0.39 is 11.2 Å². The first-order valence-electron chi connectivity index (χ1n) is 13.0. The van der Waals surface area contributed by atoms with Gasteiger partial charge in [-0.25, -0.2) is 4.57 Å². The van der Waals surface area contributed by atoms with E-state index in [4.69, 9.17) is 0 Å². The summed E-state index contributed by atoms with van der Waals surface area (Å²) in [6.07, 6.45) is 11.8. The minimum Gasteiger partial charge on any atom is -0.389 e. The maximum Gasteiger partial charge on any atom is 0.169 e. The van der Waals surface area contributed by atoms with Crippen LogP contribution in [-0.4, -0.2) is 21.4 Å². The lowest BCUT2D eigenvalue weighted by Crippen LogP contribution is -2.57. The highest BCUT2D eigenvalue weighted by Crippen LogP contribution is 2.52. The van der Waals surface area contributed by atoms with E-state index >= 15 is 0 Å². The number of hydrogen-bond acceptors (Lipinski definition) is 2. The molecule has 3 heteroatoms. The van der Waals surface area contributed by atoms with Crippen molar-refractivity contribution in [3.05, 3.63) is 76.6 Å². The van der Waals surface area contributed by atoms with Crippen molar-refractivity contribution in [2.24, 2.45) is 24.3 Å². The maximum absolute atomic E-state index is 11.9. The van der Waals surface area contributed by atoms with Gasteiger partial charge in [0.05, 0.1) is 11.2 Å². The molecular formula is C32H44NO2+. The van der Waals surface area contributed by atoms with Crippen molar-refractivity contribution in [3.63, 3.8) is 0 Å². The van der Waals surface area contributed by atoms with Gasteiger partial charge in [-0.15, -0.1) is 0 Å². The minimum absolute atomic E-state index is 0.0112.